The van der Waals surface area contributed by atoms with Gasteiger partial charge in [0.15, 0.2) is 0 Å². The Bertz CT molecular complexity index is 746. The zero-order valence-corrected chi connectivity index (χ0v) is 11.0. The van der Waals surface area contributed by atoms with E-state index in [4.69, 9.17) is 0 Å². The van der Waals surface area contributed by atoms with Crippen molar-refractivity contribution in [3.8, 4) is 0 Å². The summed E-state index contributed by atoms with van der Waals surface area (Å²) in [4.78, 5) is 21.3. The number of carbonyl (C=O) groups excluding carboxylic acids is 1. The minimum atomic E-state index is -4.71. The summed E-state index contributed by atoms with van der Waals surface area (Å²) in [6.07, 6.45) is -4.71. The summed E-state index contributed by atoms with van der Waals surface area (Å²) in [6, 6.07) is 2.25. The number of rotatable bonds is 3. The third kappa shape index (κ3) is 3.33. The van der Waals surface area contributed by atoms with E-state index in [1.54, 1.807) is 0 Å². The van der Waals surface area contributed by atoms with Gasteiger partial charge in [-0.25, -0.2) is 4.39 Å². The molecule has 0 aliphatic heterocycles. The summed E-state index contributed by atoms with van der Waals surface area (Å²) >= 11 is 0.0669. The molecule has 1 N–H and O–H groups in total. The van der Waals surface area contributed by atoms with E-state index in [2.05, 4.69) is 10.2 Å². The van der Waals surface area contributed by atoms with Gasteiger partial charge in [0.1, 0.15) is 5.82 Å². The van der Waals surface area contributed by atoms with Crippen molar-refractivity contribution in [3.05, 3.63) is 44.7 Å². The smallest absolute Gasteiger partial charge is 0.296 e. The number of hydrogen-bond acceptors (Lipinski definition) is 6. The number of nitrogens with zero attached hydrogens (tertiary/aromatic N) is 3. The number of alkyl halides is 3. The number of hydrogen-bond donors (Lipinski definition) is 1. The number of benzene rings is 1. The van der Waals surface area contributed by atoms with Gasteiger partial charge in [-0.05, 0) is 6.07 Å². The fourth-order valence-electron chi connectivity index (χ4n) is 1.35. The standard InChI is InChI=1S/C10H4F4N4O3S/c11-6-3-4(18(20)21)1-2-5(6)7(19)15-9-17-16-8(22-9)10(12,13)14/h1-3H,(H,15,17,19). The van der Waals surface area contributed by atoms with Crippen LogP contribution in [0.3, 0.4) is 0 Å². The van der Waals surface area contributed by atoms with Gasteiger partial charge in [0.05, 0.1) is 16.6 Å². The number of halogens is 4. The lowest BCUT2D eigenvalue weighted by Gasteiger charge is -2.02. The lowest BCUT2D eigenvalue weighted by Crippen LogP contribution is -2.13. The zero-order valence-electron chi connectivity index (χ0n) is 10.2. The van der Waals surface area contributed by atoms with Crippen molar-refractivity contribution in [2.45, 2.75) is 6.18 Å². The van der Waals surface area contributed by atoms with Crippen LogP contribution in [0, 0.1) is 15.9 Å². The van der Waals surface area contributed by atoms with Crippen molar-refractivity contribution in [2.24, 2.45) is 0 Å². The molecule has 1 amide bonds. The van der Waals surface area contributed by atoms with Crippen LogP contribution in [0.1, 0.15) is 15.4 Å². The van der Waals surface area contributed by atoms with Crippen LogP contribution in [-0.2, 0) is 6.18 Å². The van der Waals surface area contributed by atoms with Gasteiger partial charge in [-0.3, -0.25) is 20.2 Å². The molecule has 0 fully saturated rings. The van der Waals surface area contributed by atoms with Gasteiger partial charge >= 0.3 is 6.18 Å². The Morgan fingerprint density at radius 2 is 2.00 bits per heavy atom. The molecule has 1 aromatic carbocycles. The molecule has 116 valence electrons. The van der Waals surface area contributed by atoms with Gasteiger partial charge in [0, 0.05) is 6.07 Å². The van der Waals surface area contributed by atoms with Crippen LogP contribution in [0.4, 0.5) is 28.4 Å². The first-order valence-electron chi connectivity index (χ1n) is 5.34. The average molecular weight is 336 g/mol. The highest BCUT2D eigenvalue weighted by molar-refractivity contribution is 7.15. The van der Waals surface area contributed by atoms with E-state index in [1.165, 1.54) is 0 Å². The Kier molecular flexibility index (Phi) is 4.03. The highest BCUT2D eigenvalue weighted by Gasteiger charge is 2.35. The molecule has 0 bridgehead atoms. The first kappa shape index (κ1) is 15.8. The molecule has 2 rings (SSSR count). The topological polar surface area (TPSA) is 98.0 Å². The third-order valence-electron chi connectivity index (χ3n) is 2.30. The number of aromatic nitrogens is 2. The van der Waals surface area contributed by atoms with Crippen LogP contribution in [0.15, 0.2) is 18.2 Å². The summed E-state index contributed by atoms with van der Waals surface area (Å²) in [6.45, 7) is 0. The lowest BCUT2D eigenvalue weighted by molar-refractivity contribution is -0.385. The van der Waals surface area contributed by atoms with Gasteiger partial charge in [-0.2, -0.15) is 13.2 Å². The van der Waals surface area contributed by atoms with Crippen LogP contribution in [0.5, 0.6) is 0 Å². The molecule has 0 saturated heterocycles. The van der Waals surface area contributed by atoms with Gasteiger partial charge in [0.2, 0.25) is 10.1 Å². The molecule has 1 heterocycles. The molecule has 0 aliphatic carbocycles. The first-order chi connectivity index (χ1) is 10.2. The van der Waals surface area contributed by atoms with E-state index in [0.717, 1.165) is 12.1 Å². The number of amides is 1. The summed E-state index contributed by atoms with van der Waals surface area (Å²) in [5.74, 6) is -2.29. The van der Waals surface area contributed by atoms with Gasteiger partial charge in [-0.15, -0.1) is 10.2 Å². The predicted molar refractivity (Wildman–Crippen MR) is 65.9 cm³/mol. The van der Waals surface area contributed by atoms with Crippen molar-refractivity contribution < 1.29 is 27.3 Å². The number of anilines is 1. The van der Waals surface area contributed by atoms with E-state index in [9.17, 15) is 32.5 Å². The van der Waals surface area contributed by atoms with Crippen molar-refractivity contribution in [1.29, 1.82) is 0 Å². The Labute approximate surface area is 122 Å². The predicted octanol–water partition coefficient (Wildman–Crippen LogP) is 2.86. The second kappa shape index (κ2) is 5.63. The van der Waals surface area contributed by atoms with Crippen LogP contribution in [0.25, 0.3) is 0 Å². The van der Waals surface area contributed by atoms with Crippen LogP contribution >= 0.6 is 11.3 Å². The molecular formula is C10H4F4N4O3S. The monoisotopic (exact) mass is 336 g/mol. The van der Waals surface area contributed by atoms with E-state index in [1.807, 2.05) is 5.32 Å². The van der Waals surface area contributed by atoms with Crippen molar-refractivity contribution >= 4 is 28.1 Å². The fraction of sp³-hybridized carbons (Fsp3) is 0.100. The van der Waals surface area contributed by atoms with Crippen LogP contribution in [-0.4, -0.2) is 21.0 Å². The second-order valence-corrected chi connectivity index (χ2v) is 4.76. The lowest BCUT2D eigenvalue weighted by atomic mass is 10.2. The Morgan fingerprint density at radius 3 is 2.50 bits per heavy atom. The number of carbonyl (C=O) groups is 1. The molecule has 0 aliphatic rings. The average Bonchev–Trinajstić information content (AvgIpc) is 2.86. The van der Waals surface area contributed by atoms with E-state index in [-0.39, 0.29) is 11.3 Å². The molecule has 22 heavy (non-hydrogen) atoms. The van der Waals surface area contributed by atoms with Gasteiger partial charge < -0.3 is 0 Å². The molecule has 1 aromatic heterocycles. The van der Waals surface area contributed by atoms with Crippen molar-refractivity contribution in [3.63, 3.8) is 0 Å². The van der Waals surface area contributed by atoms with Gasteiger partial charge in [-0.1, -0.05) is 11.3 Å². The number of nitro groups is 1. The molecule has 12 heteroatoms. The summed E-state index contributed by atoms with van der Waals surface area (Å²) in [5, 5.41) is 16.6. The van der Waals surface area contributed by atoms with Crippen LogP contribution in [0.2, 0.25) is 0 Å². The zero-order chi connectivity index (χ0) is 16.5. The normalized spacial score (nSPS) is 11.3. The molecule has 0 unspecified atom stereocenters. The number of nitrogens with one attached hydrogen (secondary N) is 1. The maximum Gasteiger partial charge on any atom is 0.445 e. The van der Waals surface area contributed by atoms with E-state index in [0.29, 0.717) is 6.07 Å². The summed E-state index contributed by atoms with van der Waals surface area (Å²) in [5.41, 5.74) is -1.14. The first-order valence-corrected chi connectivity index (χ1v) is 6.16. The van der Waals surface area contributed by atoms with Gasteiger partial charge in [0.25, 0.3) is 11.6 Å². The van der Waals surface area contributed by atoms with Crippen LogP contribution < -0.4 is 5.32 Å². The minimum Gasteiger partial charge on any atom is -0.296 e. The SMILES string of the molecule is O=C(Nc1nnc(C(F)(F)F)s1)c1ccc([N+](=O)[O-])cc1F. The highest BCUT2D eigenvalue weighted by atomic mass is 32.1. The Morgan fingerprint density at radius 1 is 1.32 bits per heavy atom. The largest absolute Gasteiger partial charge is 0.445 e. The van der Waals surface area contributed by atoms with E-state index >= 15 is 0 Å². The maximum absolute atomic E-state index is 13.6. The summed E-state index contributed by atoms with van der Waals surface area (Å²) < 4.78 is 50.5. The third-order valence-corrected chi connectivity index (χ3v) is 3.18. The molecule has 0 radical (unpaired) electrons. The molecular weight excluding hydrogens is 332 g/mol. The Hall–Kier alpha value is -2.63. The Balaban J connectivity index is 2.19. The number of nitro benzene ring substituents is 1. The molecule has 0 spiro atoms. The van der Waals surface area contributed by atoms with Crippen molar-refractivity contribution in [1.82, 2.24) is 10.2 Å². The fourth-order valence-corrected chi connectivity index (χ4v) is 1.96. The molecule has 0 saturated carbocycles. The van der Waals surface area contributed by atoms with Crippen molar-refractivity contribution in [2.75, 3.05) is 5.32 Å². The summed E-state index contributed by atoms with van der Waals surface area (Å²) in [7, 11) is 0. The highest BCUT2D eigenvalue weighted by Crippen LogP contribution is 2.33. The molecule has 2 aromatic rings. The second-order valence-electron chi connectivity index (χ2n) is 3.79. The minimum absolute atomic E-state index is 0.0669. The quantitative estimate of drug-likeness (QED) is 0.528. The number of non-ortho nitro benzene ring substituents is 1. The molecule has 7 nitrogen and oxygen atoms in total. The van der Waals surface area contributed by atoms with E-state index < -0.39 is 44.2 Å². The molecule has 0 atom stereocenters. The maximum atomic E-state index is 13.6.